The lowest BCUT2D eigenvalue weighted by Gasteiger charge is -2.05. The van der Waals surface area contributed by atoms with E-state index in [1.807, 2.05) is 0 Å². The first kappa shape index (κ1) is 9.33. The average molecular weight is 178 g/mol. The first-order valence-electron chi connectivity index (χ1n) is 4.20. The molecule has 1 aromatic carbocycles. The van der Waals surface area contributed by atoms with Gasteiger partial charge in [-0.2, -0.15) is 0 Å². The van der Waals surface area contributed by atoms with Gasteiger partial charge in [0.25, 0.3) is 0 Å². The van der Waals surface area contributed by atoms with E-state index in [4.69, 9.17) is 4.43 Å². The molecule has 0 aliphatic rings. The molecule has 0 aromatic heterocycles. The van der Waals surface area contributed by atoms with Crippen molar-refractivity contribution < 1.29 is 4.43 Å². The lowest BCUT2D eigenvalue weighted by atomic mass is 10.1. The van der Waals surface area contributed by atoms with Crippen LogP contribution in [-0.4, -0.2) is 9.76 Å². The van der Waals surface area contributed by atoms with Crippen LogP contribution in [0, 0.1) is 13.8 Å². The minimum atomic E-state index is 0.585. The van der Waals surface area contributed by atoms with Crippen LogP contribution < -0.4 is 4.43 Å². The largest absolute Gasteiger partial charge is 0.541 e. The SMILES string of the molecule is CC[Si]Oc1cc(C)cc(C)c1. The Balaban J connectivity index is 2.72. The molecule has 0 aliphatic carbocycles. The van der Waals surface area contributed by atoms with Crippen LogP contribution in [0.4, 0.5) is 0 Å². The fraction of sp³-hybridized carbons (Fsp3) is 0.400. The second-order valence-corrected chi connectivity index (χ2v) is 4.12. The molecule has 0 fully saturated rings. The molecule has 0 unspecified atom stereocenters. The van der Waals surface area contributed by atoms with Gasteiger partial charge in [-0.3, -0.25) is 0 Å². The van der Waals surface area contributed by atoms with E-state index in [2.05, 4.69) is 39.0 Å². The Bertz CT molecular complexity index is 238. The molecular weight excluding hydrogens is 164 g/mol. The summed E-state index contributed by atoms with van der Waals surface area (Å²) in [5, 5.41) is 0. The van der Waals surface area contributed by atoms with Crippen LogP contribution in [0.3, 0.4) is 0 Å². The topological polar surface area (TPSA) is 9.23 Å². The van der Waals surface area contributed by atoms with Crippen molar-refractivity contribution in [3.05, 3.63) is 29.3 Å². The van der Waals surface area contributed by atoms with Crippen LogP contribution in [0.2, 0.25) is 6.04 Å². The molecule has 0 saturated heterocycles. The van der Waals surface area contributed by atoms with Gasteiger partial charge in [0, 0.05) is 0 Å². The zero-order valence-electron chi connectivity index (χ0n) is 7.85. The molecule has 0 saturated carbocycles. The van der Waals surface area contributed by atoms with Crippen molar-refractivity contribution in [2.45, 2.75) is 26.8 Å². The lowest BCUT2D eigenvalue weighted by molar-refractivity contribution is 0.592. The Kier molecular flexibility index (Phi) is 3.35. The fourth-order valence-corrected chi connectivity index (χ4v) is 1.58. The third kappa shape index (κ3) is 2.70. The van der Waals surface area contributed by atoms with Gasteiger partial charge in [-0.1, -0.05) is 13.0 Å². The number of benzene rings is 1. The second kappa shape index (κ2) is 4.31. The highest BCUT2D eigenvalue weighted by Gasteiger charge is 1.95. The highest BCUT2D eigenvalue weighted by Crippen LogP contribution is 2.15. The van der Waals surface area contributed by atoms with E-state index in [1.165, 1.54) is 11.1 Å². The van der Waals surface area contributed by atoms with Crippen molar-refractivity contribution in [2.75, 3.05) is 0 Å². The smallest absolute Gasteiger partial charge is 0.310 e. The van der Waals surface area contributed by atoms with Crippen LogP contribution in [0.1, 0.15) is 18.1 Å². The zero-order valence-corrected chi connectivity index (χ0v) is 8.85. The normalized spacial score (nSPS) is 9.92. The van der Waals surface area contributed by atoms with Crippen molar-refractivity contribution in [3.63, 3.8) is 0 Å². The number of hydrogen-bond donors (Lipinski definition) is 0. The van der Waals surface area contributed by atoms with Gasteiger partial charge in [-0.25, -0.2) is 0 Å². The first-order chi connectivity index (χ1) is 5.72. The number of hydrogen-bond acceptors (Lipinski definition) is 1. The summed E-state index contributed by atoms with van der Waals surface area (Å²) < 4.78 is 5.54. The third-order valence-corrected chi connectivity index (χ3v) is 2.20. The van der Waals surface area contributed by atoms with Gasteiger partial charge in [0.05, 0.1) is 0 Å². The molecule has 0 bridgehead atoms. The average Bonchev–Trinajstić information content (AvgIpc) is 1.99. The second-order valence-electron chi connectivity index (χ2n) is 2.92. The molecule has 1 nitrogen and oxygen atoms in total. The predicted octanol–water partition coefficient (Wildman–Crippen LogP) is 2.74. The number of rotatable bonds is 3. The molecule has 0 heterocycles. The van der Waals surface area contributed by atoms with Crippen molar-refractivity contribution in [1.82, 2.24) is 0 Å². The van der Waals surface area contributed by atoms with Gasteiger partial charge in [-0.05, 0) is 43.2 Å². The van der Waals surface area contributed by atoms with Crippen molar-refractivity contribution in [3.8, 4) is 5.75 Å². The lowest BCUT2D eigenvalue weighted by Crippen LogP contribution is -1.99. The van der Waals surface area contributed by atoms with E-state index in [1.54, 1.807) is 0 Å². The molecule has 0 atom stereocenters. The van der Waals surface area contributed by atoms with Crippen LogP contribution in [0.15, 0.2) is 18.2 Å². The Morgan fingerprint density at radius 3 is 2.25 bits per heavy atom. The summed E-state index contributed by atoms with van der Waals surface area (Å²) in [6, 6.07) is 7.40. The molecule has 2 radical (unpaired) electrons. The minimum Gasteiger partial charge on any atom is -0.541 e. The Hall–Kier alpha value is -0.763. The fourth-order valence-electron chi connectivity index (χ4n) is 1.15. The molecule has 0 aliphatic heterocycles. The van der Waals surface area contributed by atoms with Gasteiger partial charge in [0.1, 0.15) is 5.75 Å². The molecule has 0 spiro atoms. The van der Waals surface area contributed by atoms with Crippen LogP contribution >= 0.6 is 0 Å². The minimum absolute atomic E-state index is 0.585. The van der Waals surface area contributed by atoms with Crippen molar-refractivity contribution >= 4 is 9.76 Å². The molecule has 12 heavy (non-hydrogen) atoms. The molecule has 1 rings (SSSR count). The van der Waals surface area contributed by atoms with E-state index in [-0.39, 0.29) is 0 Å². The Morgan fingerprint density at radius 1 is 1.17 bits per heavy atom. The first-order valence-corrected chi connectivity index (χ1v) is 5.32. The van der Waals surface area contributed by atoms with Gasteiger partial charge in [-0.15, -0.1) is 0 Å². The van der Waals surface area contributed by atoms with Gasteiger partial charge in [0.2, 0.25) is 0 Å². The maximum Gasteiger partial charge on any atom is 0.310 e. The molecule has 0 N–H and O–H groups in total. The summed E-state index contributed by atoms with van der Waals surface area (Å²) in [6.45, 7) is 6.31. The summed E-state index contributed by atoms with van der Waals surface area (Å²) in [6.07, 6.45) is 0. The summed E-state index contributed by atoms with van der Waals surface area (Å²) in [5.41, 5.74) is 2.54. The molecule has 64 valence electrons. The summed E-state index contributed by atoms with van der Waals surface area (Å²) in [4.78, 5) is 0. The molecular formula is C10H14OSi. The van der Waals surface area contributed by atoms with E-state index in [0.717, 1.165) is 11.8 Å². The van der Waals surface area contributed by atoms with Gasteiger partial charge in [0.15, 0.2) is 0 Å². The van der Waals surface area contributed by atoms with Crippen LogP contribution in [0.25, 0.3) is 0 Å². The van der Waals surface area contributed by atoms with Crippen molar-refractivity contribution in [1.29, 1.82) is 0 Å². The third-order valence-electron chi connectivity index (χ3n) is 1.53. The van der Waals surface area contributed by atoms with E-state index in [9.17, 15) is 0 Å². The van der Waals surface area contributed by atoms with Gasteiger partial charge < -0.3 is 4.43 Å². The van der Waals surface area contributed by atoms with Crippen molar-refractivity contribution in [2.24, 2.45) is 0 Å². The van der Waals surface area contributed by atoms with Crippen LogP contribution in [0.5, 0.6) is 5.75 Å². The van der Waals surface area contributed by atoms with E-state index < -0.39 is 0 Å². The Morgan fingerprint density at radius 2 is 1.75 bits per heavy atom. The quantitative estimate of drug-likeness (QED) is 0.647. The predicted molar refractivity (Wildman–Crippen MR) is 52.8 cm³/mol. The van der Waals surface area contributed by atoms with Crippen LogP contribution in [-0.2, 0) is 0 Å². The Labute approximate surface area is 76.7 Å². The zero-order chi connectivity index (χ0) is 8.97. The molecule has 0 amide bonds. The van der Waals surface area contributed by atoms with E-state index >= 15 is 0 Å². The maximum atomic E-state index is 5.54. The summed E-state index contributed by atoms with van der Waals surface area (Å²) in [7, 11) is 0.585. The van der Waals surface area contributed by atoms with E-state index in [0.29, 0.717) is 9.76 Å². The summed E-state index contributed by atoms with van der Waals surface area (Å²) >= 11 is 0. The monoisotopic (exact) mass is 178 g/mol. The maximum absolute atomic E-state index is 5.54. The highest BCUT2D eigenvalue weighted by molar-refractivity contribution is 6.28. The number of aryl methyl sites for hydroxylation is 2. The standard InChI is InChI=1S/C10H14OSi/c1-4-12-11-10-6-8(2)5-9(3)7-10/h5-7H,4H2,1-3H3. The molecule has 2 heteroatoms. The summed E-state index contributed by atoms with van der Waals surface area (Å²) in [5.74, 6) is 1.01. The highest BCUT2D eigenvalue weighted by atomic mass is 28.2. The van der Waals surface area contributed by atoms with Gasteiger partial charge >= 0.3 is 9.76 Å². The molecule has 1 aromatic rings.